The van der Waals surface area contributed by atoms with Crippen molar-refractivity contribution >= 4 is 4.68 Å². The van der Waals surface area contributed by atoms with Gasteiger partial charge in [-0.05, 0) is 0 Å². The van der Waals surface area contributed by atoms with Gasteiger partial charge >= 0.3 is 71.5 Å². The number of hydrogen-bond donors (Lipinski definition) is 2. The second-order valence-electron chi connectivity index (χ2n) is 2.22. The molecule has 0 radical (unpaired) electrons. The van der Waals surface area contributed by atoms with Crippen LogP contribution in [0.2, 0.25) is 0 Å². The summed E-state index contributed by atoms with van der Waals surface area (Å²) in [5, 5.41) is 0. The van der Waals surface area contributed by atoms with E-state index >= 15 is 0 Å². The maximum atomic E-state index is 10.6. The molecule has 0 spiro atoms. The van der Waals surface area contributed by atoms with Gasteiger partial charge in [-0.15, -0.1) is 0 Å². The number of hydrogen-bond acceptors (Lipinski definition) is 4. The van der Waals surface area contributed by atoms with Crippen LogP contribution in [0.4, 0.5) is 0 Å². The zero-order chi connectivity index (χ0) is 8.69. The van der Waals surface area contributed by atoms with Crippen LogP contribution in [0.15, 0.2) is 0 Å². The van der Waals surface area contributed by atoms with Gasteiger partial charge in [0.05, 0.1) is 0 Å². The van der Waals surface area contributed by atoms with E-state index in [0.29, 0.717) is 13.0 Å². The predicted molar refractivity (Wildman–Crippen MR) is 36.6 cm³/mol. The molecule has 5 heteroatoms. The van der Waals surface area contributed by atoms with Crippen LogP contribution in [0.5, 0.6) is 0 Å². The van der Waals surface area contributed by atoms with Crippen LogP contribution in [0.1, 0.15) is 19.3 Å². The molecular formula is C6H13CuN2O2. The summed E-state index contributed by atoms with van der Waals surface area (Å²) in [6.45, 7) is 0.602. The molecule has 0 saturated carbocycles. The Morgan fingerprint density at radius 2 is 2.09 bits per heavy atom. The molecule has 11 heavy (non-hydrogen) atoms. The summed E-state index contributed by atoms with van der Waals surface area (Å²) < 4.78 is 9.46. The quantitative estimate of drug-likeness (QED) is 0.451. The van der Waals surface area contributed by atoms with Crippen LogP contribution in [0, 0.1) is 0 Å². The molecule has 0 saturated heterocycles. The molecule has 0 rings (SSSR count). The van der Waals surface area contributed by atoms with Crippen LogP contribution in [0.25, 0.3) is 0 Å². The summed E-state index contributed by atoms with van der Waals surface area (Å²) >= 11 is 0.0271. The summed E-state index contributed by atoms with van der Waals surface area (Å²) in [6.07, 6.45) is 2.22. The molecule has 1 unspecified atom stereocenters. The number of nitrogens with two attached hydrogens (primary N) is 2. The summed E-state index contributed by atoms with van der Waals surface area (Å²) in [6, 6.07) is -0.612. The van der Waals surface area contributed by atoms with Crippen LogP contribution in [0.3, 0.4) is 0 Å². The van der Waals surface area contributed by atoms with E-state index in [4.69, 9.17) is 11.5 Å². The molecule has 4 N–H and O–H groups in total. The van der Waals surface area contributed by atoms with E-state index in [2.05, 4.69) is 0 Å². The molecule has 0 aromatic carbocycles. The molecule has 0 amide bonds. The standard InChI is InChI=1S/C6H13N2O.Cu.O/c7-4-2-1-3-6(8)5-9;;/h6H,1-4,7-8H2;;. The third-order valence-corrected chi connectivity index (χ3v) is 1.83. The monoisotopic (exact) mass is 208 g/mol. The molecule has 70 valence electrons. The van der Waals surface area contributed by atoms with Crippen molar-refractivity contribution in [2.24, 2.45) is 11.5 Å². The maximum absolute atomic E-state index is 10.6. The van der Waals surface area contributed by atoms with E-state index in [-0.39, 0.29) is 14.9 Å². The van der Waals surface area contributed by atoms with Gasteiger partial charge in [-0.1, -0.05) is 0 Å². The van der Waals surface area contributed by atoms with Crippen molar-refractivity contribution in [3.05, 3.63) is 0 Å². The average Bonchev–Trinajstić information content (AvgIpc) is 2.03. The Morgan fingerprint density at radius 1 is 1.45 bits per heavy atom. The molecule has 0 aromatic rings. The van der Waals surface area contributed by atoms with E-state index in [1.807, 2.05) is 0 Å². The number of unbranched alkanes of at least 4 members (excludes halogenated alkanes) is 1. The van der Waals surface area contributed by atoms with Gasteiger partial charge in [0, 0.05) is 0 Å². The molecule has 0 aliphatic carbocycles. The Morgan fingerprint density at radius 3 is 2.55 bits per heavy atom. The predicted octanol–water partition coefficient (Wildman–Crippen LogP) is -0.603. The molecule has 0 aromatic heterocycles. The summed E-state index contributed by atoms with van der Waals surface area (Å²) in [4.78, 5) is 10.6. The van der Waals surface area contributed by atoms with E-state index in [0.717, 1.165) is 12.8 Å². The second-order valence-corrected chi connectivity index (χ2v) is 2.88. The van der Waals surface area contributed by atoms with Gasteiger partial charge in [-0.2, -0.15) is 0 Å². The second kappa shape index (κ2) is 6.61. The van der Waals surface area contributed by atoms with Crippen LogP contribution >= 0.6 is 0 Å². The fraction of sp³-hybridized carbons (Fsp3) is 0.833. The SMILES string of the molecule is NCCCCC(N)[C](=O)[Cu]=[O]. The van der Waals surface area contributed by atoms with Gasteiger partial charge in [-0.25, -0.2) is 0 Å². The third kappa shape index (κ3) is 5.21. The Balaban J connectivity index is 3.43. The zero-order valence-corrected chi connectivity index (χ0v) is 7.12. The van der Waals surface area contributed by atoms with Crippen molar-refractivity contribution in [1.29, 1.82) is 0 Å². The first kappa shape index (κ1) is 10.9. The van der Waals surface area contributed by atoms with Gasteiger partial charge in [0.15, 0.2) is 0 Å². The normalized spacial score (nSPS) is 13.3. The van der Waals surface area contributed by atoms with Crippen molar-refractivity contribution in [1.82, 2.24) is 0 Å². The van der Waals surface area contributed by atoms with Crippen molar-refractivity contribution < 1.29 is 23.5 Å². The van der Waals surface area contributed by atoms with Crippen molar-refractivity contribution in [2.75, 3.05) is 6.54 Å². The van der Waals surface area contributed by atoms with E-state index in [9.17, 15) is 8.63 Å². The topological polar surface area (TPSA) is 86.2 Å². The van der Waals surface area contributed by atoms with Gasteiger partial charge in [-0.3, -0.25) is 0 Å². The van der Waals surface area contributed by atoms with Gasteiger partial charge in [0.1, 0.15) is 0 Å². The summed E-state index contributed by atoms with van der Waals surface area (Å²) in [5.74, 6) is 0. The molecule has 0 bridgehead atoms. The number of carbonyl (C=O) groups is 1. The Labute approximate surface area is 72.1 Å². The molecule has 0 aliphatic heterocycles. The minimum absolute atomic E-state index is 0.0271. The first-order valence-corrected chi connectivity index (χ1v) is 4.27. The molecule has 0 fully saturated rings. The van der Waals surface area contributed by atoms with E-state index in [1.54, 1.807) is 0 Å². The molecule has 0 heterocycles. The van der Waals surface area contributed by atoms with Gasteiger partial charge in [0.2, 0.25) is 0 Å². The minimum atomic E-state index is -0.612. The zero-order valence-electron chi connectivity index (χ0n) is 6.18. The third-order valence-electron chi connectivity index (χ3n) is 1.29. The average molecular weight is 209 g/mol. The number of rotatable bonds is 6. The van der Waals surface area contributed by atoms with Crippen molar-refractivity contribution in [2.45, 2.75) is 25.3 Å². The van der Waals surface area contributed by atoms with E-state index in [1.165, 1.54) is 0 Å². The van der Waals surface area contributed by atoms with Crippen molar-refractivity contribution in [3.63, 3.8) is 0 Å². The molecule has 4 nitrogen and oxygen atoms in total. The fourth-order valence-electron chi connectivity index (χ4n) is 0.657. The van der Waals surface area contributed by atoms with Crippen LogP contribution < -0.4 is 11.5 Å². The Bertz CT molecular complexity index is 141. The summed E-state index contributed by atoms with van der Waals surface area (Å²) in [5.41, 5.74) is 10.6. The van der Waals surface area contributed by atoms with Gasteiger partial charge < -0.3 is 0 Å². The van der Waals surface area contributed by atoms with Crippen LogP contribution in [-0.4, -0.2) is 17.3 Å². The first-order chi connectivity index (χ1) is 5.22. The van der Waals surface area contributed by atoms with Crippen molar-refractivity contribution in [3.8, 4) is 0 Å². The van der Waals surface area contributed by atoms with Gasteiger partial charge in [0.25, 0.3) is 0 Å². The number of carbonyl (C=O) groups excluding carboxylic acids is 1. The van der Waals surface area contributed by atoms with Crippen LogP contribution in [-0.2, 0) is 23.5 Å². The summed E-state index contributed by atoms with van der Waals surface area (Å²) in [7, 11) is 0. The Hall–Kier alpha value is -0.0905. The molecule has 0 aliphatic rings. The van der Waals surface area contributed by atoms with E-state index < -0.39 is 10.7 Å². The molecule has 1 atom stereocenters. The Kier molecular flexibility index (Phi) is 6.55. The first-order valence-electron chi connectivity index (χ1n) is 3.42. The fourth-order valence-corrected chi connectivity index (χ4v) is 0.935. The molecular weight excluding hydrogens is 196 g/mol.